The van der Waals surface area contributed by atoms with Gasteiger partial charge in [0.1, 0.15) is 0 Å². The number of aromatic amines is 1. The predicted molar refractivity (Wildman–Crippen MR) is 128 cm³/mol. The third-order valence-corrected chi connectivity index (χ3v) is 5.75. The highest BCUT2D eigenvalue weighted by atomic mass is 32.1. The van der Waals surface area contributed by atoms with Gasteiger partial charge in [-0.3, -0.25) is 20.2 Å². The molecule has 3 heterocycles. The number of nitrogens with zero attached hydrogens (tertiary/aromatic N) is 3. The van der Waals surface area contributed by atoms with E-state index in [1.807, 2.05) is 62.4 Å². The first-order chi connectivity index (χ1) is 15.0. The van der Waals surface area contributed by atoms with Crippen LogP contribution in [0.5, 0.6) is 0 Å². The van der Waals surface area contributed by atoms with Crippen LogP contribution in [0.4, 0.5) is 5.13 Å². The largest absolute Gasteiger partial charge is 0.298 e. The highest BCUT2D eigenvalue weighted by Crippen LogP contribution is 2.34. The Morgan fingerprint density at radius 3 is 2.87 bits per heavy atom. The number of anilines is 1. The van der Waals surface area contributed by atoms with E-state index in [1.165, 1.54) is 11.3 Å². The number of hydrogen-bond acceptors (Lipinski definition) is 5. The first-order valence-electron chi connectivity index (χ1n) is 9.73. The zero-order valence-corrected chi connectivity index (χ0v) is 18.0. The summed E-state index contributed by atoms with van der Waals surface area (Å²) < 4.78 is 0. The van der Waals surface area contributed by atoms with E-state index in [0.29, 0.717) is 10.7 Å². The number of carbonyl (C=O) groups is 1. The van der Waals surface area contributed by atoms with E-state index in [1.54, 1.807) is 18.3 Å². The third kappa shape index (κ3) is 4.51. The molecule has 2 N–H and O–H groups in total. The summed E-state index contributed by atoms with van der Waals surface area (Å²) >= 11 is 1.43. The highest BCUT2D eigenvalue weighted by Gasteiger charge is 2.14. The summed E-state index contributed by atoms with van der Waals surface area (Å²) in [6.07, 6.45) is 9.10. The lowest BCUT2D eigenvalue weighted by Crippen LogP contribution is -2.12. The summed E-state index contributed by atoms with van der Waals surface area (Å²) in [4.78, 5) is 22.0. The second-order valence-corrected chi connectivity index (χ2v) is 7.87. The number of rotatable bonds is 6. The van der Waals surface area contributed by atoms with E-state index in [9.17, 15) is 4.79 Å². The standard InChI is InChI=1S/C24H21N5OS/c1-4-7-15(2)23(30)27-24-26-16(3)22(31-24)17-9-11-19-20(28-29-21(19)14-17)12-10-18-8-5-6-13-25-18/h4-14H,2H2,1,3H3,(H,28,29)(H,26,27,30)/b7-4-,12-10+. The smallest absolute Gasteiger partial charge is 0.256 e. The van der Waals surface area contributed by atoms with Crippen molar-refractivity contribution in [3.63, 3.8) is 0 Å². The van der Waals surface area contributed by atoms with Crippen LogP contribution in [-0.4, -0.2) is 26.1 Å². The van der Waals surface area contributed by atoms with Gasteiger partial charge in [-0.2, -0.15) is 5.10 Å². The van der Waals surface area contributed by atoms with E-state index >= 15 is 0 Å². The molecule has 0 bridgehead atoms. The molecule has 1 aromatic carbocycles. The molecule has 0 radical (unpaired) electrons. The van der Waals surface area contributed by atoms with E-state index < -0.39 is 0 Å². The maximum Gasteiger partial charge on any atom is 0.256 e. The van der Waals surface area contributed by atoms with Gasteiger partial charge in [0.05, 0.1) is 27.5 Å². The Morgan fingerprint density at radius 1 is 1.23 bits per heavy atom. The van der Waals surface area contributed by atoms with Crippen LogP contribution in [-0.2, 0) is 4.79 Å². The third-order valence-electron chi connectivity index (χ3n) is 4.63. The van der Waals surface area contributed by atoms with Crippen LogP contribution in [0.25, 0.3) is 33.5 Å². The number of amides is 1. The molecule has 6 nitrogen and oxygen atoms in total. The van der Waals surface area contributed by atoms with Crippen molar-refractivity contribution in [1.82, 2.24) is 20.2 Å². The quantitative estimate of drug-likeness (QED) is 0.308. The van der Waals surface area contributed by atoms with Crippen LogP contribution in [0.3, 0.4) is 0 Å². The molecule has 3 aromatic heterocycles. The van der Waals surface area contributed by atoms with Gasteiger partial charge in [0.25, 0.3) is 5.91 Å². The molecule has 31 heavy (non-hydrogen) atoms. The molecule has 0 atom stereocenters. The Hall–Kier alpha value is -3.84. The predicted octanol–water partition coefficient (Wildman–Crippen LogP) is 5.63. The van der Waals surface area contributed by atoms with E-state index in [0.717, 1.165) is 38.4 Å². The Labute approximate surface area is 184 Å². The zero-order chi connectivity index (χ0) is 21.8. The molecule has 154 valence electrons. The van der Waals surface area contributed by atoms with E-state index in [4.69, 9.17) is 0 Å². The second kappa shape index (κ2) is 8.89. The molecule has 0 fully saturated rings. The molecule has 4 rings (SSSR count). The summed E-state index contributed by atoms with van der Waals surface area (Å²) in [6.45, 7) is 7.53. The van der Waals surface area contributed by atoms with Crippen molar-refractivity contribution in [1.29, 1.82) is 0 Å². The Balaban J connectivity index is 1.58. The molecule has 0 aliphatic heterocycles. The van der Waals surface area contributed by atoms with E-state index in [2.05, 4.69) is 32.1 Å². The summed E-state index contributed by atoms with van der Waals surface area (Å²) in [6, 6.07) is 11.9. The van der Waals surface area contributed by atoms with Crippen molar-refractivity contribution in [2.45, 2.75) is 13.8 Å². The second-order valence-electron chi connectivity index (χ2n) is 6.87. The molecule has 0 spiro atoms. The first kappa shape index (κ1) is 20.4. The number of aromatic nitrogens is 4. The van der Waals surface area contributed by atoms with Crippen molar-refractivity contribution >= 4 is 45.4 Å². The Kier molecular flexibility index (Phi) is 5.86. The maximum absolute atomic E-state index is 12.2. The van der Waals surface area contributed by atoms with Crippen LogP contribution in [0.2, 0.25) is 0 Å². The fourth-order valence-electron chi connectivity index (χ4n) is 3.12. The van der Waals surface area contributed by atoms with Gasteiger partial charge in [-0.15, -0.1) is 0 Å². The van der Waals surface area contributed by atoms with E-state index in [-0.39, 0.29) is 5.91 Å². The minimum atomic E-state index is -0.258. The minimum Gasteiger partial charge on any atom is -0.298 e. The van der Waals surface area contributed by atoms with Crippen LogP contribution < -0.4 is 5.32 Å². The number of fused-ring (bicyclic) bond motifs is 1. The molecular weight excluding hydrogens is 406 g/mol. The molecule has 1 amide bonds. The lowest BCUT2D eigenvalue weighted by molar-refractivity contribution is -0.112. The zero-order valence-electron chi connectivity index (χ0n) is 17.2. The fraction of sp³-hybridized carbons (Fsp3) is 0.0833. The molecule has 4 aromatic rings. The summed E-state index contributed by atoms with van der Waals surface area (Å²) in [5.74, 6) is -0.258. The minimum absolute atomic E-state index is 0.258. The molecule has 0 unspecified atom stereocenters. The average molecular weight is 428 g/mol. The van der Waals surface area contributed by atoms with Gasteiger partial charge in [-0.1, -0.05) is 42.2 Å². The van der Waals surface area contributed by atoms with Crippen molar-refractivity contribution in [2.75, 3.05) is 5.32 Å². The van der Waals surface area contributed by atoms with Crippen LogP contribution in [0, 0.1) is 6.92 Å². The lowest BCUT2D eigenvalue weighted by atomic mass is 10.1. The molecule has 7 heteroatoms. The van der Waals surface area contributed by atoms with Crippen molar-refractivity contribution < 1.29 is 4.79 Å². The van der Waals surface area contributed by atoms with Gasteiger partial charge in [-0.05, 0) is 55.8 Å². The van der Waals surface area contributed by atoms with Gasteiger partial charge in [0.2, 0.25) is 0 Å². The number of carbonyl (C=O) groups excluding carboxylic acids is 1. The average Bonchev–Trinajstić information content (AvgIpc) is 3.35. The molecule has 0 saturated heterocycles. The van der Waals surface area contributed by atoms with Crippen molar-refractivity contribution in [2.24, 2.45) is 0 Å². The first-order valence-corrected chi connectivity index (χ1v) is 10.5. The number of pyridine rings is 1. The summed E-state index contributed by atoms with van der Waals surface area (Å²) in [7, 11) is 0. The van der Waals surface area contributed by atoms with Crippen LogP contribution in [0.15, 0.2) is 66.9 Å². The number of thiazole rings is 1. The number of benzene rings is 1. The topological polar surface area (TPSA) is 83.6 Å². The number of allylic oxidation sites excluding steroid dienone is 1. The summed E-state index contributed by atoms with van der Waals surface area (Å²) in [5.41, 5.74) is 4.91. The maximum atomic E-state index is 12.2. The number of H-pyrrole nitrogens is 1. The van der Waals surface area contributed by atoms with Crippen molar-refractivity contribution in [3.05, 3.63) is 84.0 Å². The number of nitrogens with one attached hydrogen (secondary N) is 2. The molecular formula is C24H21N5OS. The van der Waals surface area contributed by atoms with Crippen LogP contribution in [0.1, 0.15) is 24.0 Å². The monoisotopic (exact) mass is 427 g/mol. The van der Waals surface area contributed by atoms with Crippen LogP contribution >= 0.6 is 11.3 Å². The van der Waals surface area contributed by atoms with Gasteiger partial charge < -0.3 is 0 Å². The van der Waals surface area contributed by atoms with Gasteiger partial charge in [-0.25, -0.2) is 4.98 Å². The Morgan fingerprint density at radius 2 is 2.10 bits per heavy atom. The highest BCUT2D eigenvalue weighted by molar-refractivity contribution is 7.19. The normalized spacial score (nSPS) is 11.5. The number of aryl methyl sites for hydroxylation is 1. The SMILES string of the molecule is C=C(/C=C\C)C(=O)Nc1nc(C)c(-c2ccc3c(/C=C/c4ccccn4)n[nH]c3c2)s1. The molecule has 0 aliphatic carbocycles. The summed E-state index contributed by atoms with van der Waals surface area (Å²) in [5, 5.41) is 11.9. The van der Waals surface area contributed by atoms with Gasteiger partial charge in [0.15, 0.2) is 5.13 Å². The lowest BCUT2D eigenvalue weighted by Gasteiger charge is -2.00. The fourth-order valence-corrected chi connectivity index (χ4v) is 4.08. The molecule has 0 saturated carbocycles. The Bertz CT molecular complexity index is 1310. The van der Waals surface area contributed by atoms with Gasteiger partial charge >= 0.3 is 0 Å². The van der Waals surface area contributed by atoms with Gasteiger partial charge in [0, 0.05) is 17.2 Å². The number of hydrogen-bond donors (Lipinski definition) is 2. The van der Waals surface area contributed by atoms with Crippen molar-refractivity contribution in [3.8, 4) is 10.4 Å². The molecule has 0 aliphatic rings.